The fraction of sp³-hybridized carbons (Fsp3) is 0.250. The fourth-order valence-electron chi connectivity index (χ4n) is 4.15. The van der Waals surface area contributed by atoms with Crippen LogP contribution in [0.5, 0.6) is 5.75 Å². The second-order valence-electron chi connectivity index (χ2n) is 9.93. The summed E-state index contributed by atoms with van der Waals surface area (Å²) in [7, 11) is -6.22. The number of anilines is 1. The quantitative estimate of drug-likeness (QED) is 0.139. The van der Waals surface area contributed by atoms with Crippen LogP contribution < -0.4 is 9.64 Å². The lowest BCUT2D eigenvalue weighted by Gasteiger charge is -2.19. The van der Waals surface area contributed by atoms with Crippen molar-refractivity contribution < 1.29 is 49.9 Å². The number of rotatable bonds is 13. The highest BCUT2D eigenvalue weighted by atomic mass is 32.2. The van der Waals surface area contributed by atoms with Gasteiger partial charge in [-0.2, -0.15) is 32.2 Å². The first-order valence-electron chi connectivity index (χ1n) is 13.6. The first-order valence-corrected chi connectivity index (χ1v) is 16.5. The maximum Gasteiger partial charge on any atom is 0.333 e. The van der Waals surface area contributed by atoms with Crippen molar-refractivity contribution in [2.45, 2.75) is 35.5 Å². The lowest BCUT2D eigenvalue weighted by molar-refractivity contribution is -0.197. The molecule has 1 heterocycles. The van der Waals surface area contributed by atoms with Gasteiger partial charge in [0.25, 0.3) is 32.1 Å². The van der Waals surface area contributed by atoms with Crippen LogP contribution in [0.3, 0.4) is 0 Å². The summed E-state index contributed by atoms with van der Waals surface area (Å²) in [6.45, 7) is 0.437. The Morgan fingerprint density at radius 3 is 1.94 bits per heavy atom. The highest BCUT2D eigenvalue weighted by Crippen LogP contribution is 2.40. The minimum absolute atomic E-state index is 0.0158. The molecule has 0 aromatic heterocycles. The molecule has 19 heteroatoms. The number of nitrogens with zero attached hydrogens (tertiary/aromatic N) is 6. The van der Waals surface area contributed by atoms with Gasteiger partial charge in [-0.25, -0.2) is 4.79 Å². The van der Waals surface area contributed by atoms with Gasteiger partial charge in [0.15, 0.2) is 0 Å². The Hall–Kier alpha value is -5.11. The molecule has 2 N–H and O–H groups in total. The van der Waals surface area contributed by atoms with Crippen molar-refractivity contribution in [2.75, 3.05) is 25.6 Å². The molecular formula is C28H28N6O11S2. The lowest BCUT2D eigenvalue weighted by atomic mass is 10.2. The molecule has 0 aliphatic carbocycles. The maximum absolute atomic E-state index is 12.2. The van der Waals surface area contributed by atoms with Gasteiger partial charge < -0.3 is 14.5 Å². The summed E-state index contributed by atoms with van der Waals surface area (Å²) < 4.78 is 71.1. The predicted molar refractivity (Wildman–Crippen MR) is 164 cm³/mol. The Morgan fingerprint density at radius 1 is 0.830 bits per heavy atom. The summed E-state index contributed by atoms with van der Waals surface area (Å²) in [5.74, 6) is -1.89. The van der Waals surface area contributed by atoms with E-state index in [1.165, 1.54) is 25.3 Å². The van der Waals surface area contributed by atoms with E-state index in [0.29, 0.717) is 23.7 Å². The fourth-order valence-corrected chi connectivity index (χ4v) is 5.29. The number of azo groups is 2. The van der Waals surface area contributed by atoms with Crippen LogP contribution in [-0.4, -0.2) is 69.5 Å². The molecule has 3 aromatic rings. The van der Waals surface area contributed by atoms with Gasteiger partial charge >= 0.3 is 5.97 Å². The van der Waals surface area contributed by atoms with E-state index < -0.39 is 42.9 Å². The standard InChI is InChI=1S/C28H28N6O11S2/c1-33(15-3-4-27(37)45-34-25(35)13-14-26(34)36)21-9-5-18(6-10-21)30-32-28-23(44-2)16-20(17-24(28)47(41,42)43)31-29-19-7-11-22(12-8-19)46(38,39)40/h5-12,16-17H,3-4,13-15H2,1-2H3,(H,38,39,40)(H,41,42,43)/b31-29+,32-30+. The topological polar surface area (TPSA) is 234 Å². The molecule has 1 aliphatic heterocycles. The van der Waals surface area contributed by atoms with E-state index in [0.717, 1.165) is 23.9 Å². The van der Waals surface area contributed by atoms with Crippen LogP contribution in [0.1, 0.15) is 25.7 Å². The van der Waals surface area contributed by atoms with Gasteiger partial charge in [-0.1, -0.05) is 0 Å². The summed E-state index contributed by atoms with van der Waals surface area (Å²) in [6.07, 6.45) is 0.390. The monoisotopic (exact) mass is 688 g/mol. The molecule has 1 fully saturated rings. The molecule has 1 aliphatic rings. The Balaban J connectivity index is 1.43. The van der Waals surface area contributed by atoms with Crippen LogP contribution in [0.15, 0.2) is 90.9 Å². The number of ether oxygens (including phenoxy) is 1. The summed E-state index contributed by atoms with van der Waals surface area (Å²) in [5.41, 5.74) is 0.896. The molecular weight excluding hydrogens is 660 g/mol. The molecule has 0 unspecified atom stereocenters. The van der Waals surface area contributed by atoms with E-state index in [-0.39, 0.29) is 47.0 Å². The van der Waals surface area contributed by atoms with Crippen LogP contribution in [0.2, 0.25) is 0 Å². The molecule has 2 amide bonds. The van der Waals surface area contributed by atoms with E-state index in [1.807, 2.05) is 4.90 Å². The zero-order chi connectivity index (χ0) is 34.4. The number of amides is 2. The summed E-state index contributed by atoms with van der Waals surface area (Å²) >= 11 is 0. The molecule has 0 atom stereocenters. The third kappa shape index (κ3) is 9.22. The Bertz CT molecular complexity index is 1930. The molecule has 47 heavy (non-hydrogen) atoms. The first kappa shape index (κ1) is 34.8. The molecule has 0 radical (unpaired) electrons. The van der Waals surface area contributed by atoms with Gasteiger partial charge in [-0.15, -0.1) is 10.2 Å². The number of hydrogen-bond donors (Lipinski definition) is 2. The smallest absolute Gasteiger partial charge is 0.333 e. The van der Waals surface area contributed by atoms with E-state index in [2.05, 4.69) is 20.5 Å². The Kier molecular flexibility index (Phi) is 10.8. The molecule has 0 bridgehead atoms. The third-order valence-corrected chi connectivity index (χ3v) is 8.30. The van der Waals surface area contributed by atoms with Crippen LogP contribution in [0, 0.1) is 0 Å². The van der Waals surface area contributed by atoms with Crippen molar-refractivity contribution >= 4 is 66.5 Å². The Labute approximate surface area is 269 Å². The second kappa shape index (κ2) is 14.5. The number of carbonyl (C=O) groups is 3. The maximum atomic E-state index is 12.2. The molecule has 3 aromatic carbocycles. The first-order chi connectivity index (χ1) is 22.2. The van der Waals surface area contributed by atoms with Crippen LogP contribution >= 0.6 is 0 Å². The van der Waals surface area contributed by atoms with Crippen molar-refractivity contribution in [3.8, 4) is 5.75 Å². The number of imide groups is 1. The van der Waals surface area contributed by atoms with Crippen LogP contribution in [0.4, 0.5) is 28.4 Å². The molecule has 0 spiro atoms. The third-order valence-electron chi connectivity index (χ3n) is 6.57. The van der Waals surface area contributed by atoms with Crippen molar-refractivity contribution in [1.29, 1.82) is 0 Å². The highest BCUT2D eigenvalue weighted by molar-refractivity contribution is 7.86. The normalized spacial score (nSPS) is 13.9. The van der Waals surface area contributed by atoms with E-state index in [9.17, 15) is 35.8 Å². The zero-order valence-electron chi connectivity index (χ0n) is 24.9. The van der Waals surface area contributed by atoms with Gasteiger partial charge in [0, 0.05) is 44.6 Å². The predicted octanol–water partition coefficient (Wildman–Crippen LogP) is 4.84. The average Bonchev–Trinajstić information content (AvgIpc) is 3.34. The van der Waals surface area contributed by atoms with Crippen molar-refractivity contribution in [1.82, 2.24) is 5.06 Å². The molecule has 248 valence electrons. The van der Waals surface area contributed by atoms with Crippen molar-refractivity contribution in [3.63, 3.8) is 0 Å². The molecule has 17 nitrogen and oxygen atoms in total. The number of methoxy groups -OCH3 is 1. The molecule has 1 saturated heterocycles. The van der Waals surface area contributed by atoms with E-state index in [1.54, 1.807) is 31.3 Å². The SMILES string of the molecule is COc1cc(/N=N/c2ccc(S(=O)(=O)O)cc2)cc(S(=O)(=O)O)c1/N=N/c1ccc(N(C)CCCC(=O)ON2C(=O)CCC2=O)cc1. The summed E-state index contributed by atoms with van der Waals surface area (Å²) in [5, 5.41) is 16.4. The van der Waals surface area contributed by atoms with Gasteiger partial charge in [0.05, 0.1) is 29.1 Å². The van der Waals surface area contributed by atoms with Crippen molar-refractivity contribution in [3.05, 3.63) is 60.7 Å². The van der Waals surface area contributed by atoms with Gasteiger partial charge in [-0.3, -0.25) is 18.7 Å². The molecule has 0 saturated carbocycles. The Morgan fingerprint density at radius 2 is 1.38 bits per heavy atom. The number of carbonyl (C=O) groups excluding carboxylic acids is 3. The van der Waals surface area contributed by atoms with Gasteiger partial charge in [0.1, 0.15) is 16.3 Å². The summed E-state index contributed by atoms with van der Waals surface area (Å²) in [6, 6.07) is 13.7. The summed E-state index contributed by atoms with van der Waals surface area (Å²) in [4.78, 5) is 40.9. The van der Waals surface area contributed by atoms with E-state index in [4.69, 9.17) is 14.1 Å². The van der Waals surface area contributed by atoms with Crippen LogP contribution in [-0.2, 0) is 39.5 Å². The highest BCUT2D eigenvalue weighted by Gasteiger charge is 2.32. The zero-order valence-corrected chi connectivity index (χ0v) is 26.5. The van der Waals surface area contributed by atoms with Crippen molar-refractivity contribution in [2.24, 2.45) is 20.5 Å². The number of hydrogen-bond acceptors (Lipinski definition) is 14. The minimum atomic E-state index is -4.85. The van der Waals surface area contributed by atoms with Gasteiger partial charge in [0.2, 0.25) is 0 Å². The van der Waals surface area contributed by atoms with Gasteiger partial charge in [-0.05, 0) is 61.0 Å². The van der Waals surface area contributed by atoms with E-state index >= 15 is 0 Å². The molecule has 4 rings (SSSR count). The average molecular weight is 689 g/mol. The largest absolute Gasteiger partial charge is 0.494 e. The van der Waals surface area contributed by atoms with Crippen LogP contribution in [0.25, 0.3) is 0 Å². The lowest BCUT2D eigenvalue weighted by Crippen LogP contribution is -2.32. The second-order valence-corrected chi connectivity index (χ2v) is 12.7. The number of hydroxylamine groups is 2. The minimum Gasteiger partial charge on any atom is -0.494 e. The number of benzene rings is 3.